The van der Waals surface area contributed by atoms with E-state index in [0.29, 0.717) is 29.2 Å². The van der Waals surface area contributed by atoms with E-state index >= 15 is 4.39 Å². The molecule has 5 rings (SSSR count). The van der Waals surface area contributed by atoms with Gasteiger partial charge in [0.25, 0.3) is 0 Å². The number of halogens is 2. The second-order valence-electron chi connectivity index (χ2n) is 11.2. The topological polar surface area (TPSA) is 122 Å². The molecule has 0 radical (unpaired) electrons. The van der Waals surface area contributed by atoms with Crippen molar-refractivity contribution in [2.45, 2.75) is 25.8 Å². The Morgan fingerprint density at radius 3 is 2.70 bits per heavy atom. The van der Waals surface area contributed by atoms with E-state index in [2.05, 4.69) is 16.5 Å². The van der Waals surface area contributed by atoms with Crippen LogP contribution in [0.25, 0.3) is 27.3 Å². The van der Waals surface area contributed by atoms with Crippen LogP contribution in [0.4, 0.5) is 10.2 Å². The molecule has 14 heteroatoms. The monoisotopic (exact) mass is 644 g/mol. The average molecular weight is 645 g/mol. The molecule has 10 nitrogen and oxygen atoms in total. The first-order valence-electron chi connectivity index (χ1n) is 13.6. The summed E-state index contributed by atoms with van der Waals surface area (Å²) in [5, 5.41) is 11.5. The highest BCUT2D eigenvalue weighted by molar-refractivity contribution is 7.62. The molecule has 4 aromatic rings. The van der Waals surface area contributed by atoms with Crippen LogP contribution in [0.3, 0.4) is 0 Å². The Labute approximate surface area is 256 Å². The standard InChI is InChI=1S/C29H31ClFN6O4PS/c1-6-22(39)35-10-11-36(17(13-35)14-42(4,5)41)26-18-12-19(30)25(23-20(31)8-7-9-21(23)38)33-27(18)37(29(40)34-26)28-24(16(2)3)32-15-43-28/h6-9,12,15-17,38H,1,10-11,13-14H2,2-5H3/t17-/m1/s1. The molecule has 1 aliphatic heterocycles. The lowest BCUT2D eigenvalue weighted by Gasteiger charge is -2.42. The second-order valence-corrected chi connectivity index (χ2v) is 15.9. The third kappa shape index (κ3) is 5.96. The van der Waals surface area contributed by atoms with Crippen LogP contribution in [0.1, 0.15) is 25.5 Å². The van der Waals surface area contributed by atoms with Gasteiger partial charge in [-0.05, 0) is 43.5 Å². The van der Waals surface area contributed by atoms with Crippen LogP contribution in [0, 0.1) is 5.82 Å². The van der Waals surface area contributed by atoms with Gasteiger partial charge in [0, 0.05) is 25.8 Å². The van der Waals surface area contributed by atoms with Crippen molar-refractivity contribution in [3.05, 3.63) is 69.4 Å². The van der Waals surface area contributed by atoms with Crippen molar-refractivity contribution in [2.75, 3.05) is 44.0 Å². The number of phenols is 1. The fourth-order valence-corrected chi connectivity index (χ4v) is 7.89. The van der Waals surface area contributed by atoms with Crippen LogP contribution in [0.2, 0.25) is 5.02 Å². The largest absolute Gasteiger partial charge is 0.507 e. The first-order chi connectivity index (χ1) is 20.3. The maximum atomic E-state index is 15.0. The molecule has 3 aromatic heterocycles. The molecule has 1 aliphatic rings. The van der Waals surface area contributed by atoms with Crippen molar-refractivity contribution in [1.29, 1.82) is 0 Å². The number of thiazole rings is 1. The SMILES string of the molecule is C=CC(=O)N1CCN(c2nc(=O)n(-c3scnc3C(C)C)c3nc(-c4c(O)cccc4F)c(Cl)cc23)[C@@H](CP(C)(C)=O)C1. The molecule has 0 aliphatic carbocycles. The van der Waals surface area contributed by atoms with Gasteiger partial charge in [-0.3, -0.25) is 4.79 Å². The van der Waals surface area contributed by atoms with Crippen molar-refractivity contribution in [1.82, 2.24) is 24.4 Å². The van der Waals surface area contributed by atoms with Gasteiger partial charge in [0.2, 0.25) is 5.91 Å². The molecule has 1 amide bonds. The van der Waals surface area contributed by atoms with Gasteiger partial charge < -0.3 is 19.5 Å². The maximum absolute atomic E-state index is 15.0. The molecule has 0 unspecified atom stereocenters. The summed E-state index contributed by atoms with van der Waals surface area (Å²) in [5.41, 5.74) is 1.53. The number of pyridine rings is 1. The Balaban J connectivity index is 1.81. The molecule has 1 aromatic carbocycles. The number of piperazine rings is 1. The fraction of sp³-hybridized carbons (Fsp3) is 0.345. The highest BCUT2D eigenvalue weighted by atomic mass is 35.5. The van der Waals surface area contributed by atoms with Gasteiger partial charge in [0.15, 0.2) is 5.65 Å². The number of phenolic OH excluding ortho intramolecular Hbond substituents is 1. The molecule has 0 saturated carbocycles. The van der Waals surface area contributed by atoms with Gasteiger partial charge in [0.1, 0.15) is 22.4 Å². The zero-order valence-corrected chi connectivity index (χ0v) is 26.6. The normalized spacial score (nSPS) is 15.8. The smallest absolute Gasteiger partial charge is 0.356 e. The van der Waals surface area contributed by atoms with Crippen LogP contribution < -0.4 is 10.6 Å². The third-order valence-corrected chi connectivity index (χ3v) is 9.66. The molecule has 0 spiro atoms. The number of nitrogens with zero attached hydrogens (tertiary/aromatic N) is 6. The van der Waals surface area contributed by atoms with E-state index in [9.17, 15) is 19.3 Å². The number of aromatic hydroxyl groups is 1. The number of fused-ring (bicyclic) bond motifs is 1. The van der Waals surface area contributed by atoms with E-state index in [1.54, 1.807) is 29.8 Å². The molecule has 4 heterocycles. The lowest BCUT2D eigenvalue weighted by atomic mass is 10.1. The second kappa shape index (κ2) is 11.8. The van der Waals surface area contributed by atoms with E-state index in [4.69, 9.17) is 16.6 Å². The quantitative estimate of drug-likeness (QED) is 0.211. The van der Waals surface area contributed by atoms with Gasteiger partial charge in [-0.25, -0.2) is 23.7 Å². The Hall–Kier alpha value is -3.60. The summed E-state index contributed by atoms with van der Waals surface area (Å²) < 4.78 is 29.4. The number of carbonyl (C=O) groups excluding carboxylic acids is 1. The Bertz CT molecular complexity index is 1830. The minimum atomic E-state index is -2.60. The van der Waals surface area contributed by atoms with Crippen LogP contribution in [0.5, 0.6) is 5.75 Å². The highest BCUT2D eigenvalue weighted by Crippen LogP contribution is 2.42. The van der Waals surface area contributed by atoms with Gasteiger partial charge in [-0.2, -0.15) is 4.98 Å². The van der Waals surface area contributed by atoms with Crippen molar-refractivity contribution in [3.63, 3.8) is 0 Å². The van der Waals surface area contributed by atoms with Crippen molar-refractivity contribution in [2.24, 2.45) is 0 Å². The van der Waals surface area contributed by atoms with Crippen molar-refractivity contribution >= 4 is 52.8 Å². The number of amides is 1. The average Bonchev–Trinajstić information content (AvgIpc) is 3.42. The molecular formula is C29H31ClFN6O4PS. The number of benzene rings is 1. The van der Waals surface area contributed by atoms with Gasteiger partial charge in [-0.1, -0.05) is 38.1 Å². The number of aromatic nitrogens is 4. The Kier molecular flexibility index (Phi) is 8.48. The number of carbonyl (C=O) groups is 1. The van der Waals surface area contributed by atoms with Crippen molar-refractivity contribution < 1.29 is 18.9 Å². The van der Waals surface area contributed by atoms with Gasteiger partial charge >= 0.3 is 5.69 Å². The first-order valence-corrected chi connectivity index (χ1v) is 17.6. The molecule has 226 valence electrons. The van der Waals surface area contributed by atoms with Crippen LogP contribution in [-0.4, -0.2) is 80.6 Å². The van der Waals surface area contributed by atoms with E-state index in [-0.39, 0.29) is 58.0 Å². The minimum Gasteiger partial charge on any atom is -0.507 e. The number of hydrogen-bond donors (Lipinski definition) is 1. The van der Waals surface area contributed by atoms with E-state index < -0.39 is 24.7 Å². The summed E-state index contributed by atoms with van der Waals surface area (Å²) in [6.45, 7) is 11.7. The maximum Gasteiger partial charge on any atom is 0.356 e. The number of rotatable bonds is 7. The summed E-state index contributed by atoms with van der Waals surface area (Å²) in [6.07, 6.45) is 1.50. The highest BCUT2D eigenvalue weighted by Gasteiger charge is 2.35. The van der Waals surface area contributed by atoms with Gasteiger partial charge in [-0.15, -0.1) is 11.3 Å². The minimum absolute atomic E-state index is 0.0308. The molecule has 1 N–H and O–H groups in total. The Morgan fingerprint density at radius 1 is 1.30 bits per heavy atom. The molecule has 1 atom stereocenters. The lowest BCUT2D eigenvalue weighted by Crippen LogP contribution is -2.56. The predicted octanol–water partition coefficient (Wildman–Crippen LogP) is 5.35. The summed E-state index contributed by atoms with van der Waals surface area (Å²) in [4.78, 5) is 43.6. The van der Waals surface area contributed by atoms with E-state index in [0.717, 1.165) is 0 Å². The molecular weight excluding hydrogens is 614 g/mol. The van der Waals surface area contributed by atoms with Crippen LogP contribution >= 0.6 is 30.1 Å². The van der Waals surface area contributed by atoms with Crippen LogP contribution in [0.15, 0.2) is 47.2 Å². The molecule has 0 bridgehead atoms. The summed E-state index contributed by atoms with van der Waals surface area (Å²) in [5.74, 6) is -1.11. The predicted molar refractivity (Wildman–Crippen MR) is 169 cm³/mol. The molecule has 1 saturated heterocycles. The number of hydrogen-bond acceptors (Lipinski definition) is 9. The Morgan fingerprint density at radius 2 is 2.05 bits per heavy atom. The summed E-state index contributed by atoms with van der Waals surface area (Å²) in [6, 6.07) is 4.99. The fourth-order valence-electron chi connectivity index (χ4n) is 5.37. The molecule has 43 heavy (non-hydrogen) atoms. The van der Waals surface area contributed by atoms with Crippen molar-refractivity contribution in [3.8, 4) is 22.0 Å². The van der Waals surface area contributed by atoms with E-state index in [1.807, 2.05) is 18.7 Å². The third-order valence-electron chi connectivity index (χ3n) is 7.25. The zero-order chi connectivity index (χ0) is 31.2. The molecule has 1 fully saturated rings. The zero-order valence-electron chi connectivity index (χ0n) is 24.1. The summed E-state index contributed by atoms with van der Waals surface area (Å²) in [7, 11) is -2.60. The van der Waals surface area contributed by atoms with Gasteiger partial charge in [0.05, 0.1) is 46.1 Å². The lowest BCUT2D eigenvalue weighted by molar-refractivity contribution is -0.126. The van der Waals surface area contributed by atoms with Crippen LogP contribution in [-0.2, 0) is 9.36 Å². The first kappa shape index (κ1) is 30.8. The number of anilines is 1. The van der Waals surface area contributed by atoms with E-state index in [1.165, 1.54) is 40.2 Å². The summed E-state index contributed by atoms with van der Waals surface area (Å²) >= 11 is 7.96.